The SMILES string of the molecule is CCOc1ccc(Oc2cc(CNC(=NC)NCC3CCCO3)ccn2)cc1.I. The minimum Gasteiger partial charge on any atom is -0.494 e. The number of rotatable bonds is 8. The van der Waals surface area contributed by atoms with Gasteiger partial charge in [-0.25, -0.2) is 4.98 Å². The summed E-state index contributed by atoms with van der Waals surface area (Å²) in [7, 11) is 1.76. The Kier molecular flexibility index (Phi) is 9.99. The third kappa shape index (κ3) is 7.69. The minimum absolute atomic E-state index is 0. The number of aromatic nitrogens is 1. The lowest BCUT2D eigenvalue weighted by molar-refractivity contribution is 0.114. The average Bonchev–Trinajstić information content (AvgIpc) is 3.24. The Balaban J connectivity index is 0.00000300. The van der Waals surface area contributed by atoms with Gasteiger partial charge in [0, 0.05) is 39.0 Å². The Morgan fingerprint density at radius 3 is 2.69 bits per heavy atom. The summed E-state index contributed by atoms with van der Waals surface area (Å²) >= 11 is 0. The molecule has 7 nitrogen and oxygen atoms in total. The molecule has 158 valence electrons. The Hall–Kier alpha value is -2.07. The van der Waals surface area contributed by atoms with E-state index in [0.717, 1.165) is 49.0 Å². The predicted octanol–water partition coefficient (Wildman–Crippen LogP) is 3.73. The van der Waals surface area contributed by atoms with Crippen molar-refractivity contribution in [3.05, 3.63) is 48.2 Å². The monoisotopic (exact) mass is 512 g/mol. The number of ether oxygens (including phenoxy) is 3. The van der Waals surface area contributed by atoms with Crippen molar-refractivity contribution >= 4 is 29.9 Å². The van der Waals surface area contributed by atoms with Crippen LogP contribution in [-0.2, 0) is 11.3 Å². The number of halogens is 1. The average molecular weight is 512 g/mol. The third-order valence-electron chi connectivity index (χ3n) is 4.36. The van der Waals surface area contributed by atoms with Crippen molar-refractivity contribution in [2.24, 2.45) is 4.99 Å². The molecule has 29 heavy (non-hydrogen) atoms. The summed E-state index contributed by atoms with van der Waals surface area (Å²) in [5.74, 6) is 2.84. The van der Waals surface area contributed by atoms with Crippen LogP contribution in [0.25, 0.3) is 0 Å². The molecule has 2 N–H and O–H groups in total. The minimum atomic E-state index is 0. The first kappa shape index (κ1) is 23.2. The highest BCUT2D eigenvalue weighted by Crippen LogP contribution is 2.23. The van der Waals surface area contributed by atoms with Crippen LogP contribution in [0.5, 0.6) is 17.4 Å². The molecule has 2 aromatic rings. The van der Waals surface area contributed by atoms with Crippen molar-refractivity contribution in [2.45, 2.75) is 32.4 Å². The van der Waals surface area contributed by atoms with E-state index in [0.29, 0.717) is 19.0 Å². The highest BCUT2D eigenvalue weighted by Gasteiger charge is 2.15. The molecular formula is C21H29IN4O3. The molecule has 0 aliphatic carbocycles. The summed E-state index contributed by atoms with van der Waals surface area (Å²) in [5.41, 5.74) is 1.05. The molecule has 1 saturated heterocycles. The first-order valence-corrected chi connectivity index (χ1v) is 9.68. The molecule has 8 heteroatoms. The van der Waals surface area contributed by atoms with E-state index in [9.17, 15) is 0 Å². The molecular weight excluding hydrogens is 483 g/mol. The Labute approximate surface area is 189 Å². The van der Waals surface area contributed by atoms with Crippen molar-refractivity contribution in [3.63, 3.8) is 0 Å². The van der Waals surface area contributed by atoms with E-state index >= 15 is 0 Å². The van der Waals surface area contributed by atoms with Crippen LogP contribution in [0.4, 0.5) is 0 Å². The summed E-state index contributed by atoms with van der Waals surface area (Å²) in [6, 6.07) is 11.4. The Morgan fingerprint density at radius 2 is 2.00 bits per heavy atom. The van der Waals surface area contributed by atoms with Crippen LogP contribution in [0.3, 0.4) is 0 Å². The molecule has 1 aliphatic rings. The van der Waals surface area contributed by atoms with Crippen LogP contribution < -0.4 is 20.1 Å². The van der Waals surface area contributed by atoms with E-state index < -0.39 is 0 Å². The molecule has 1 aromatic carbocycles. The van der Waals surface area contributed by atoms with Crippen LogP contribution in [-0.4, -0.2) is 43.9 Å². The molecule has 1 atom stereocenters. The summed E-state index contributed by atoms with van der Waals surface area (Å²) in [6.07, 6.45) is 4.24. The lowest BCUT2D eigenvalue weighted by atomic mass is 10.2. The van der Waals surface area contributed by atoms with Gasteiger partial charge in [0.1, 0.15) is 11.5 Å². The molecule has 1 unspecified atom stereocenters. The molecule has 1 fully saturated rings. The lowest BCUT2D eigenvalue weighted by Gasteiger charge is -2.15. The lowest BCUT2D eigenvalue weighted by Crippen LogP contribution is -2.40. The second-order valence-corrected chi connectivity index (χ2v) is 6.45. The Bertz CT molecular complexity index is 765. The third-order valence-corrected chi connectivity index (χ3v) is 4.36. The van der Waals surface area contributed by atoms with Crippen molar-refractivity contribution in [1.82, 2.24) is 15.6 Å². The zero-order valence-corrected chi connectivity index (χ0v) is 19.2. The van der Waals surface area contributed by atoms with Gasteiger partial charge in [-0.05, 0) is 55.7 Å². The van der Waals surface area contributed by atoms with E-state index in [2.05, 4.69) is 20.6 Å². The van der Waals surface area contributed by atoms with Gasteiger partial charge in [0.15, 0.2) is 5.96 Å². The van der Waals surface area contributed by atoms with Crippen LogP contribution in [0.2, 0.25) is 0 Å². The first-order chi connectivity index (χ1) is 13.8. The number of guanidine groups is 1. The number of benzene rings is 1. The van der Waals surface area contributed by atoms with Crippen molar-refractivity contribution in [2.75, 3.05) is 26.8 Å². The molecule has 0 spiro atoms. The van der Waals surface area contributed by atoms with Crippen LogP contribution >= 0.6 is 24.0 Å². The molecule has 1 aromatic heterocycles. The maximum Gasteiger partial charge on any atom is 0.219 e. The van der Waals surface area contributed by atoms with E-state index in [-0.39, 0.29) is 30.1 Å². The molecule has 1 aliphatic heterocycles. The van der Waals surface area contributed by atoms with Gasteiger partial charge in [-0.2, -0.15) is 0 Å². The van der Waals surface area contributed by atoms with Gasteiger partial charge < -0.3 is 24.8 Å². The number of hydrogen-bond acceptors (Lipinski definition) is 5. The fraction of sp³-hybridized carbons (Fsp3) is 0.429. The smallest absolute Gasteiger partial charge is 0.219 e. The van der Waals surface area contributed by atoms with Crippen molar-refractivity contribution in [3.8, 4) is 17.4 Å². The zero-order valence-electron chi connectivity index (χ0n) is 16.9. The summed E-state index contributed by atoms with van der Waals surface area (Å²) in [4.78, 5) is 8.54. The molecule has 0 amide bonds. The van der Waals surface area contributed by atoms with Gasteiger partial charge >= 0.3 is 0 Å². The summed E-state index contributed by atoms with van der Waals surface area (Å²) in [6.45, 7) is 4.84. The predicted molar refractivity (Wildman–Crippen MR) is 125 cm³/mol. The normalized spacial score (nSPS) is 16.1. The van der Waals surface area contributed by atoms with E-state index in [4.69, 9.17) is 14.2 Å². The Morgan fingerprint density at radius 1 is 1.21 bits per heavy atom. The van der Waals surface area contributed by atoms with Gasteiger partial charge in [0.25, 0.3) is 0 Å². The molecule has 3 rings (SSSR count). The molecule has 0 radical (unpaired) electrons. The molecule has 2 heterocycles. The maximum atomic E-state index is 5.84. The molecule has 0 bridgehead atoms. The van der Waals surface area contributed by atoms with Gasteiger partial charge in [0.05, 0.1) is 12.7 Å². The summed E-state index contributed by atoms with van der Waals surface area (Å²) < 4.78 is 16.9. The maximum absolute atomic E-state index is 5.84. The second-order valence-electron chi connectivity index (χ2n) is 6.45. The van der Waals surface area contributed by atoms with Crippen molar-refractivity contribution in [1.29, 1.82) is 0 Å². The standard InChI is InChI=1S/C21H28N4O3.HI/c1-3-26-17-6-8-18(9-7-17)28-20-13-16(10-11-23-20)14-24-21(22-2)25-15-19-5-4-12-27-19;/h6-11,13,19H,3-5,12,14-15H2,1-2H3,(H2,22,24,25);1H. The topological polar surface area (TPSA) is 77.0 Å². The van der Waals surface area contributed by atoms with Gasteiger partial charge in [-0.1, -0.05) is 0 Å². The highest BCUT2D eigenvalue weighted by atomic mass is 127. The number of pyridine rings is 1. The molecule has 0 saturated carbocycles. The fourth-order valence-corrected chi connectivity index (χ4v) is 2.93. The number of nitrogens with one attached hydrogen (secondary N) is 2. The highest BCUT2D eigenvalue weighted by molar-refractivity contribution is 14.0. The zero-order chi connectivity index (χ0) is 19.6. The van der Waals surface area contributed by atoms with Gasteiger partial charge in [-0.3, -0.25) is 4.99 Å². The number of nitrogens with zero attached hydrogens (tertiary/aromatic N) is 2. The first-order valence-electron chi connectivity index (χ1n) is 9.68. The second kappa shape index (κ2) is 12.5. The largest absolute Gasteiger partial charge is 0.494 e. The fourth-order valence-electron chi connectivity index (χ4n) is 2.93. The van der Waals surface area contributed by atoms with Crippen LogP contribution in [0.15, 0.2) is 47.6 Å². The number of hydrogen-bond donors (Lipinski definition) is 2. The van der Waals surface area contributed by atoms with Crippen molar-refractivity contribution < 1.29 is 14.2 Å². The quantitative estimate of drug-likeness (QED) is 0.319. The van der Waals surface area contributed by atoms with Crippen LogP contribution in [0, 0.1) is 0 Å². The number of aliphatic imine (C=N–C) groups is 1. The van der Waals surface area contributed by atoms with E-state index in [1.165, 1.54) is 0 Å². The van der Waals surface area contributed by atoms with E-state index in [1.54, 1.807) is 13.2 Å². The van der Waals surface area contributed by atoms with Gasteiger partial charge in [0.2, 0.25) is 5.88 Å². The van der Waals surface area contributed by atoms with Crippen LogP contribution in [0.1, 0.15) is 25.3 Å². The van der Waals surface area contributed by atoms with E-state index in [1.807, 2.05) is 43.3 Å². The van der Waals surface area contributed by atoms with Gasteiger partial charge in [-0.15, -0.1) is 24.0 Å². The summed E-state index contributed by atoms with van der Waals surface area (Å²) in [5, 5.41) is 6.61.